The van der Waals surface area contributed by atoms with E-state index in [2.05, 4.69) is 31.1 Å². The standard InChI is InChI=1S/C24H24FN7O2/c1-5-15-10-17(20(25)26-11-15)29-21-19-16(27-14-28-21)6-7-18(30-19)31-12-24(13-31)8-9-32(24)22(33)34-23(2,3)4/h1,6-7,10-11,14H,8-9,12-13H2,2-4H3,(H,27,28,29). The molecule has 2 aliphatic rings. The first-order valence-electron chi connectivity index (χ1n) is 10.9. The lowest BCUT2D eigenvalue weighted by Crippen LogP contribution is -2.78. The van der Waals surface area contributed by atoms with Gasteiger partial charge in [-0.1, -0.05) is 5.92 Å². The van der Waals surface area contributed by atoms with Gasteiger partial charge < -0.3 is 15.0 Å². The fourth-order valence-electron chi connectivity index (χ4n) is 4.24. The molecular formula is C24H24FN7O2. The Labute approximate surface area is 196 Å². The van der Waals surface area contributed by atoms with E-state index >= 15 is 0 Å². The highest BCUT2D eigenvalue weighted by molar-refractivity contribution is 5.88. The van der Waals surface area contributed by atoms with Crippen molar-refractivity contribution in [3.8, 4) is 12.3 Å². The van der Waals surface area contributed by atoms with Gasteiger partial charge in [0.1, 0.15) is 23.3 Å². The van der Waals surface area contributed by atoms with Gasteiger partial charge in [0.2, 0.25) is 5.95 Å². The second-order valence-corrected chi connectivity index (χ2v) is 9.55. The van der Waals surface area contributed by atoms with Crippen molar-refractivity contribution in [3.05, 3.63) is 42.2 Å². The molecule has 9 nitrogen and oxygen atoms in total. The molecule has 0 radical (unpaired) electrons. The van der Waals surface area contributed by atoms with Crippen molar-refractivity contribution in [2.24, 2.45) is 0 Å². The summed E-state index contributed by atoms with van der Waals surface area (Å²) in [7, 11) is 0. The quantitative estimate of drug-likeness (QED) is 0.468. The normalized spacial score (nSPS) is 16.6. The highest BCUT2D eigenvalue weighted by atomic mass is 19.1. The van der Waals surface area contributed by atoms with Crippen LogP contribution in [0.4, 0.5) is 26.5 Å². The summed E-state index contributed by atoms with van der Waals surface area (Å²) in [5.41, 5.74) is 0.887. The molecule has 3 aromatic heterocycles. The molecule has 1 N–H and O–H groups in total. The van der Waals surface area contributed by atoms with Crippen molar-refractivity contribution in [3.63, 3.8) is 0 Å². The Balaban J connectivity index is 1.37. The molecule has 0 atom stereocenters. The van der Waals surface area contributed by atoms with Crippen LogP contribution in [-0.4, -0.2) is 61.7 Å². The number of carbonyl (C=O) groups excluding carboxylic acids is 1. The number of ether oxygens (including phenoxy) is 1. The molecule has 2 aliphatic heterocycles. The second kappa shape index (κ2) is 7.80. The van der Waals surface area contributed by atoms with Gasteiger partial charge >= 0.3 is 6.09 Å². The first-order chi connectivity index (χ1) is 16.2. The van der Waals surface area contributed by atoms with Crippen molar-refractivity contribution in [2.75, 3.05) is 29.9 Å². The minimum absolute atomic E-state index is 0.105. The summed E-state index contributed by atoms with van der Waals surface area (Å²) in [4.78, 5) is 33.4. The van der Waals surface area contributed by atoms with E-state index in [-0.39, 0.29) is 17.3 Å². The van der Waals surface area contributed by atoms with Crippen molar-refractivity contribution in [1.29, 1.82) is 0 Å². The zero-order valence-corrected chi connectivity index (χ0v) is 19.2. The molecule has 0 aromatic carbocycles. The van der Waals surface area contributed by atoms with E-state index in [4.69, 9.17) is 16.1 Å². The van der Waals surface area contributed by atoms with Crippen LogP contribution in [0.3, 0.4) is 0 Å². The van der Waals surface area contributed by atoms with E-state index < -0.39 is 11.5 Å². The first kappa shape index (κ1) is 21.8. The van der Waals surface area contributed by atoms with Gasteiger partial charge in [0.15, 0.2) is 5.82 Å². The van der Waals surface area contributed by atoms with Crippen LogP contribution in [0.25, 0.3) is 11.0 Å². The Morgan fingerprint density at radius 3 is 2.74 bits per heavy atom. The molecule has 10 heteroatoms. The third kappa shape index (κ3) is 3.83. The maximum absolute atomic E-state index is 14.2. The second-order valence-electron chi connectivity index (χ2n) is 9.55. The Kier molecular flexibility index (Phi) is 5.01. The fourth-order valence-corrected chi connectivity index (χ4v) is 4.24. The average Bonchev–Trinajstić information content (AvgIpc) is 2.72. The van der Waals surface area contributed by atoms with Crippen LogP contribution >= 0.6 is 0 Å². The maximum atomic E-state index is 14.2. The topological polar surface area (TPSA) is 96.4 Å². The van der Waals surface area contributed by atoms with Gasteiger partial charge in [0.05, 0.1) is 16.7 Å². The lowest BCUT2D eigenvalue weighted by atomic mass is 9.78. The predicted molar refractivity (Wildman–Crippen MR) is 125 cm³/mol. The molecular weight excluding hydrogens is 437 g/mol. The zero-order valence-electron chi connectivity index (χ0n) is 19.2. The van der Waals surface area contributed by atoms with Crippen LogP contribution in [0.2, 0.25) is 0 Å². The lowest BCUT2D eigenvalue weighted by molar-refractivity contribution is -0.0562. The van der Waals surface area contributed by atoms with Gasteiger partial charge in [-0.05, 0) is 45.4 Å². The minimum atomic E-state index is -0.696. The van der Waals surface area contributed by atoms with Crippen molar-refractivity contribution >= 4 is 34.4 Å². The van der Waals surface area contributed by atoms with Crippen LogP contribution in [0.15, 0.2) is 30.7 Å². The summed E-state index contributed by atoms with van der Waals surface area (Å²) in [5, 5.41) is 2.94. The Morgan fingerprint density at radius 1 is 1.26 bits per heavy atom. The minimum Gasteiger partial charge on any atom is -0.444 e. The Morgan fingerprint density at radius 2 is 2.06 bits per heavy atom. The van der Waals surface area contributed by atoms with Gasteiger partial charge in [0.25, 0.3) is 0 Å². The van der Waals surface area contributed by atoms with Crippen molar-refractivity contribution in [1.82, 2.24) is 24.8 Å². The van der Waals surface area contributed by atoms with Gasteiger partial charge in [0, 0.05) is 31.4 Å². The molecule has 0 saturated carbocycles. The van der Waals surface area contributed by atoms with Gasteiger partial charge in [-0.3, -0.25) is 4.90 Å². The summed E-state index contributed by atoms with van der Waals surface area (Å²) in [6, 6.07) is 5.21. The highest BCUT2D eigenvalue weighted by Gasteiger charge is 2.56. The molecule has 1 amide bonds. The van der Waals surface area contributed by atoms with E-state index in [0.29, 0.717) is 42.0 Å². The first-order valence-corrected chi connectivity index (χ1v) is 10.9. The van der Waals surface area contributed by atoms with E-state index in [1.807, 2.05) is 32.9 Å². The van der Waals surface area contributed by atoms with E-state index in [1.54, 1.807) is 4.90 Å². The molecule has 174 valence electrons. The molecule has 34 heavy (non-hydrogen) atoms. The van der Waals surface area contributed by atoms with Crippen molar-refractivity contribution < 1.29 is 13.9 Å². The smallest absolute Gasteiger partial charge is 0.410 e. The number of amides is 1. The molecule has 0 aliphatic carbocycles. The van der Waals surface area contributed by atoms with Crippen LogP contribution < -0.4 is 10.2 Å². The molecule has 2 fully saturated rings. The van der Waals surface area contributed by atoms with Crippen molar-refractivity contribution in [2.45, 2.75) is 38.3 Å². The summed E-state index contributed by atoms with van der Waals surface area (Å²) in [6.45, 7) is 7.59. The summed E-state index contributed by atoms with van der Waals surface area (Å²) < 4.78 is 19.8. The molecule has 2 saturated heterocycles. The maximum Gasteiger partial charge on any atom is 0.410 e. The van der Waals surface area contributed by atoms with Crippen LogP contribution in [0.5, 0.6) is 0 Å². The number of nitrogens with one attached hydrogen (secondary N) is 1. The number of likely N-dealkylation sites (tertiary alicyclic amines) is 1. The number of hydrogen-bond acceptors (Lipinski definition) is 8. The average molecular weight is 462 g/mol. The van der Waals surface area contributed by atoms with Crippen LogP contribution in [0.1, 0.15) is 32.8 Å². The van der Waals surface area contributed by atoms with Gasteiger partial charge in [-0.2, -0.15) is 4.39 Å². The number of carbonyl (C=O) groups is 1. The molecule has 0 unspecified atom stereocenters. The molecule has 5 heterocycles. The SMILES string of the molecule is C#Cc1cnc(F)c(Nc2ncnc3ccc(N4CC5(CCN5C(=O)OC(C)(C)C)C4)nc23)c1. The number of anilines is 3. The van der Waals surface area contributed by atoms with Crippen LogP contribution in [0, 0.1) is 18.3 Å². The number of rotatable bonds is 3. The van der Waals surface area contributed by atoms with Gasteiger partial charge in [-0.15, -0.1) is 6.42 Å². The Hall–Kier alpha value is -4.00. The Bertz CT molecular complexity index is 1330. The van der Waals surface area contributed by atoms with E-state index in [0.717, 1.165) is 12.2 Å². The number of hydrogen-bond donors (Lipinski definition) is 1. The zero-order chi connectivity index (χ0) is 24.1. The largest absolute Gasteiger partial charge is 0.444 e. The van der Waals surface area contributed by atoms with E-state index in [9.17, 15) is 9.18 Å². The third-order valence-corrected chi connectivity index (χ3v) is 6.01. The number of pyridine rings is 2. The highest BCUT2D eigenvalue weighted by Crippen LogP contribution is 2.42. The summed E-state index contributed by atoms with van der Waals surface area (Å²) in [6.07, 6.45) is 8.72. The molecule has 5 rings (SSSR count). The summed E-state index contributed by atoms with van der Waals surface area (Å²) in [5.74, 6) is 2.81. The number of aromatic nitrogens is 4. The van der Waals surface area contributed by atoms with E-state index in [1.165, 1.54) is 18.6 Å². The fraction of sp³-hybridized carbons (Fsp3) is 0.375. The molecule has 1 spiro atoms. The van der Waals surface area contributed by atoms with Crippen LogP contribution in [-0.2, 0) is 4.74 Å². The monoisotopic (exact) mass is 461 g/mol. The lowest BCUT2D eigenvalue weighted by Gasteiger charge is -2.62. The third-order valence-electron chi connectivity index (χ3n) is 6.01. The number of nitrogens with zero attached hydrogens (tertiary/aromatic N) is 6. The van der Waals surface area contributed by atoms with Gasteiger partial charge in [-0.25, -0.2) is 24.7 Å². The number of terminal acetylenes is 1. The predicted octanol–water partition coefficient (Wildman–Crippen LogP) is 3.48. The number of halogens is 1. The number of fused-ring (bicyclic) bond motifs is 1. The molecule has 3 aromatic rings. The molecule has 0 bridgehead atoms. The summed E-state index contributed by atoms with van der Waals surface area (Å²) >= 11 is 0.